The van der Waals surface area contributed by atoms with Gasteiger partial charge in [-0.05, 0) is 19.1 Å². The zero-order chi connectivity index (χ0) is 9.52. The van der Waals surface area contributed by atoms with E-state index in [2.05, 4.69) is 10.9 Å². The van der Waals surface area contributed by atoms with E-state index in [0.29, 0.717) is 6.61 Å². The number of aliphatic imine (C=N–C) groups is 1. The molecule has 13 heavy (non-hydrogen) atoms. The van der Waals surface area contributed by atoms with E-state index in [-0.39, 0.29) is 0 Å². The van der Waals surface area contributed by atoms with Crippen LogP contribution >= 0.6 is 0 Å². The summed E-state index contributed by atoms with van der Waals surface area (Å²) in [5.74, 6) is 2.55. The molecular weight excluding hydrogens is 162 g/mol. The number of rotatable bonds is 3. The summed E-state index contributed by atoms with van der Waals surface area (Å²) < 4.78 is 4.98. The van der Waals surface area contributed by atoms with E-state index in [1.807, 2.05) is 31.2 Å². The molecule has 0 aromatic heterocycles. The summed E-state index contributed by atoms with van der Waals surface area (Å²) in [4.78, 5) is 4.08. The molecule has 1 rings (SSSR count). The fourth-order valence-electron chi connectivity index (χ4n) is 0.877. The molecule has 1 aromatic rings. The molecule has 0 fully saturated rings. The van der Waals surface area contributed by atoms with E-state index in [1.54, 1.807) is 0 Å². The van der Waals surface area contributed by atoms with Crippen LogP contribution in [0, 0.1) is 12.3 Å². The fourth-order valence-corrected chi connectivity index (χ4v) is 0.877. The monoisotopic (exact) mass is 173 g/mol. The van der Waals surface area contributed by atoms with E-state index in [9.17, 15) is 0 Å². The van der Waals surface area contributed by atoms with Gasteiger partial charge in [0, 0.05) is 0 Å². The molecule has 0 aliphatic heterocycles. The average Bonchev–Trinajstić information content (AvgIpc) is 2.19. The molecule has 0 saturated heterocycles. The third-order valence-electron chi connectivity index (χ3n) is 1.49. The van der Waals surface area contributed by atoms with Crippen molar-refractivity contribution in [3.63, 3.8) is 0 Å². The molecule has 1 aromatic carbocycles. The lowest BCUT2D eigenvalue weighted by Crippen LogP contribution is -1.84. The van der Waals surface area contributed by atoms with Crippen LogP contribution in [0.3, 0.4) is 0 Å². The summed E-state index contributed by atoms with van der Waals surface area (Å²) in [7, 11) is 0. The predicted molar refractivity (Wildman–Crippen MR) is 54.2 cm³/mol. The van der Waals surface area contributed by atoms with Crippen LogP contribution in [0.5, 0.6) is 0 Å². The molecule has 66 valence electrons. The first-order valence-corrected chi connectivity index (χ1v) is 4.08. The van der Waals surface area contributed by atoms with Crippen LogP contribution in [0.25, 0.3) is 0 Å². The Bertz CT molecular complexity index is 336. The van der Waals surface area contributed by atoms with Gasteiger partial charge in [0.15, 0.2) is 6.40 Å². The Morgan fingerprint density at radius 3 is 3.00 bits per heavy atom. The van der Waals surface area contributed by atoms with E-state index in [1.165, 1.54) is 6.40 Å². The second-order valence-electron chi connectivity index (χ2n) is 2.35. The van der Waals surface area contributed by atoms with E-state index in [4.69, 9.17) is 11.2 Å². The number of benzene rings is 1. The number of ether oxygens (including phenoxy) is 1. The third kappa shape index (κ3) is 2.64. The summed E-state index contributed by atoms with van der Waals surface area (Å²) >= 11 is 0. The minimum absolute atomic E-state index is 0.613. The van der Waals surface area contributed by atoms with Crippen molar-refractivity contribution in [3.05, 3.63) is 29.8 Å². The van der Waals surface area contributed by atoms with Crippen LogP contribution in [0.2, 0.25) is 0 Å². The van der Waals surface area contributed by atoms with Gasteiger partial charge in [0.1, 0.15) is 0 Å². The van der Waals surface area contributed by atoms with Crippen LogP contribution < -0.4 is 0 Å². The standard InChI is InChI=1S/C11H11NO/c1-3-10-7-5-6-8-11(10)12-9-13-4-2/h1,5-9H,4H2,2H3. The lowest BCUT2D eigenvalue weighted by atomic mass is 10.2. The van der Waals surface area contributed by atoms with Crippen molar-refractivity contribution >= 4 is 12.1 Å². The Balaban J connectivity index is 2.82. The fraction of sp³-hybridized carbons (Fsp3) is 0.182. The molecule has 0 radical (unpaired) electrons. The first-order valence-electron chi connectivity index (χ1n) is 4.08. The summed E-state index contributed by atoms with van der Waals surface area (Å²) in [6, 6.07) is 7.47. The lowest BCUT2D eigenvalue weighted by molar-refractivity contribution is 0.344. The Kier molecular flexibility index (Phi) is 3.59. The maximum Gasteiger partial charge on any atom is 0.174 e. The Labute approximate surface area is 78.3 Å². The van der Waals surface area contributed by atoms with E-state index < -0.39 is 0 Å². The molecule has 0 aliphatic rings. The van der Waals surface area contributed by atoms with Gasteiger partial charge in [-0.25, -0.2) is 4.99 Å². The van der Waals surface area contributed by atoms with Crippen molar-refractivity contribution in [3.8, 4) is 12.3 Å². The maximum absolute atomic E-state index is 5.29. The zero-order valence-electron chi connectivity index (χ0n) is 7.53. The molecule has 0 atom stereocenters. The average molecular weight is 173 g/mol. The molecule has 0 aliphatic carbocycles. The van der Waals surface area contributed by atoms with Gasteiger partial charge in [-0.1, -0.05) is 18.1 Å². The third-order valence-corrected chi connectivity index (χ3v) is 1.49. The topological polar surface area (TPSA) is 21.6 Å². The van der Waals surface area contributed by atoms with Gasteiger partial charge in [0.25, 0.3) is 0 Å². The highest BCUT2D eigenvalue weighted by Crippen LogP contribution is 2.16. The summed E-state index contributed by atoms with van der Waals surface area (Å²) in [5.41, 5.74) is 1.54. The minimum atomic E-state index is 0.613. The molecule has 0 saturated carbocycles. The Morgan fingerprint density at radius 1 is 1.54 bits per heavy atom. The van der Waals surface area contributed by atoms with Crippen LogP contribution in [0.4, 0.5) is 5.69 Å². The molecule has 2 heteroatoms. The second kappa shape index (κ2) is 5.00. The largest absolute Gasteiger partial charge is 0.483 e. The Hall–Kier alpha value is -1.75. The minimum Gasteiger partial charge on any atom is -0.483 e. The number of hydrogen-bond acceptors (Lipinski definition) is 2. The van der Waals surface area contributed by atoms with Crippen molar-refractivity contribution in [2.24, 2.45) is 4.99 Å². The molecule has 0 unspecified atom stereocenters. The van der Waals surface area contributed by atoms with Gasteiger partial charge in [0.05, 0.1) is 17.9 Å². The number of terminal acetylenes is 1. The first kappa shape index (κ1) is 9.34. The van der Waals surface area contributed by atoms with E-state index >= 15 is 0 Å². The predicted octanol–water partition coefficient (Wildman–Crippen LogP) is 2.36. The van der Waals surface area contributed by atoms with Crippen molar-refractivity contribution in [2.75, 3.05) is 6.61 Å². The van der Waals surface area contributed by atoms with Crippen LogP contribution in [-0.4, -0.2) is 13.0 Å². The number of hydrogen-bond donors (Lipinski definition) is 0. The molecule has 0 amide bonds. The second-order valence-corrected chi connectivity index (χ2v) is 2.35. The van der Waals surface area contributed by atoms with Gasteiger partial charge >= 0.3 is 0 Å². The van der Waals surface area contributed by atoms with E-state index in [0.717, 1.165) is 11.3 Å². The van der Waals surface area contributed by atoms with Gasteiger partial charge in [0.2, 0.25) is 0 Å². The molecule has 0 heterocycles. The smallest absolute Gasteiger partial charge is 0.174 e. The van der Waals surface area contributed by atoms with Crippen molar-refractivity contribution in [1.82, 2.24) is 0 Å². The Morgan fingerprint density at radius 2 is 2.31 bits per heavy atom. The molecule has 0 N–H and O–H groups in total. The first-order chi connectivity index (χ1) is 6.38. The maximum atomic E-state index is 5.29. The van der Waals surface area contributed by atoms with Crippen molar-refractivity contribution < 1.29 is 4.74 Å². The van der Waals surface area contributed by atoms with Crippen LogP contribution in [0.1, 0.15) is 12.5 Å². The lowest BCUT2D eigenvalue weighted by Gasteiger charge is -1.97. The molecule has 0 bridgehead atoms. The highest BCUT2D eigenvalue weighted by atomic mass is 16.5. The summed E-state index contributed by atoms with van der Waals surface area (Å²) in [6.45, 7) is 2.51. The summed E-state index contributed by atoms with van der Waals surface area (Å²) in [6.07, 6.45) is 6.70. The van der Waals surface area contributed by atoms with Gasteiger partial charge < -0.3 is 4.74 Å². The normalized spacial score (nSPS) is 9.85. The zero-order valence-corrected chi connectivity index (χ0v) is 7.53. The highest BCUT2D eigenvalue weighted by Gasteiger charge is 1.93. The molecule has 2 nitrogen and oxygen atoms in total. The van der Waals surface area contributed by atoms with Gasteiger partial charge in [-0.15, -0.1) is 6.42 Å². The van der Waals surface area contributed by atoms with Gasteiger partial charge in [-0.3, -0.25) is 0 Å². The van der Waals surface area contributed by atoms with Gasteiger partial charge in [-0.2, -0.15) is 0 Å². The highest BCUT2D eigenvalue weighted by molar-refractivity contribution is 5.62. The SMILES string of the molecule is C#Cc1ccccc1N=COCC. The van der Waals surface area contributed by atoms with Crippen LogP contribution in [0.15, 0.2) is 29.3 Å². The number of para-hydroxylation sites is 1. The van der Waals surface area contributed by atoms with Crippen molar-refractivity contribution in [1.29, 1.82) is 0 Å². The summed E-state index contributed by atoms with van der Waals surface area (Å²) in [5, 5.41) is 0. The molecule has 0 spiro atoms. The number of nitrogens with zero attached hydrogens (tertiary/aromatic N) is 1. The quantitative estimate of drug-likeness (QED) is 0.390. The molecular formula is C11H11NO. The van der Waals surface area contributed by atoms with Crippen molar-refractivity contribution in [2.45, 2.75) is 6.92 Å². The van der Waals surface area contributed by atoms with Crippen LogP contribution in [-0.2, 0) is 4.74 Å².